The Morgan fingerprint density at radius 3 is 2.17 bits per heavy atom. The SMILES string of the molecule is CC.CC(F)(F)F.Cc1ccc2c(Cc3cccs3)c(-c3ccccc3)[nH]c2c1. The number of H-pyrrole nitrogens is 1. The van der Waals surface area contributed by atoms with Crippen LogP contribution in [-0.4, -0.2) is 11.2 Å². The van der Waals surface area contributed by atoms with Crippen molar-refractivity contribution < 1.29 is 13.2 Å². The molecule has 5 heteroatoms. The van der Waals surface area contributed by atoms with E-state index in [2.05, 4.69) is 78.0 Å². The molecule has 4 rings (SSSR count). The highest BCUT2D eigenvalue weighted by molar-refractivity contribution is 7.09. The number of rotatable bonds is 3. The molecule has 29 heavy (non-hydrogen) atoms. The van der Waals surface area contributed by atoms with Gasteiger partial charge in [-0.2, -0.15) is 13.2 Å². The third-order valence-electron chi connectivity index (χ3n) is 4.06. The van der Waals surface area contributed by atoms with Crippen LogP contribution in [0.15, 0.2) is 66.0 Å². The quantitative estimate of drug-likeness (QED) is 0.344. The molecule has 2 heterocycles. The van der Waals surface area contributed by atoms with Gasteiger partial charge in [0.25, 0.3) is 0 Å². The van der Waals surface area contributed by atoms with Gasteiger partial charge in [-0.3, -0.25) is 0 Å². The zero-order valence-corrected chi connectivity index (χ0v) is 17.9. The van der Waals surface area contributed by atoms with Crippen LogP contribution in [0.3, 0.4) is 0 Å². The molecule has 0 aliphatic carbocycles. The summed E-state index contributed by atoms with van der Waals surface area (Å²) in [7, 11) is 0. The van der Waals surface area contributed by atoms with E-state index in [0.29, 0.717) is 0 Å². The van der Waals surface area contributed by atoms with Gasteiger partial charge in [0.1, 0.15) is 0 Å². The van der Waals surface area contributed by atoms with Crippen molar-refractivity contribution in [2.75, 3.05) is 0 Å². The Balaban J connectivity index is 0.000000378. The Morgan fingerprint density at radius 1 is 0.931 bits per heavy atom. The van der Waals surface area contributed by atoms with Crippen LogP contribution in [0.1, 0.15) is 36.8 Å². The first-order chi connectivity index (χ1) is 13.8. The summed E-state index contributed by atoms with van der Waals surface area (Å²) in [4.78, 5) is 5.04. The second kappa shape index (κ2) is 10.3. The maximum atomic E-state index is 10.4. The number of aromatic nitrogens is 1. The monoisotopic (exact) mass is 417 g/mol. The molecular formula is C24H26F3NS. The Bertz CT molecular complexity index is 994. The van der Waals surface area contributed by atoms with Crippen LogP contribution in [0.4, 0.5) is 13.2 Å². The molecule has 4 aromatic rings. The smallest absolute Gasteiger partial charge is 0.354 e. The molecule has 1 N–H and O–H groups in total. The lowest BCUT2D eigenvalue weighted by Gasteiger charge is -2.04. The van der Waals surface area contributed by atoms with Gasteiger partial charge in [-0.25, -0.2) is 0 Å². The van der Waals surface area contributed by atoms with Gasteiger partial charge in [-0.1, -0.05) is 62.4 Å². The number of benzene rings is 2. The highest BCUT2D eigenvalue weighted by Crippen LogP contribution is 2.33. The van der Waals surface area contributed by atoms with E-state index in [1.165, 1.54) is 38.2 Å². The summed E-state index contributed by atoms with van der Waals surface area (Å²) in [6.07, 6.45) is -3.02. The molecule has 154 valence electrons. The Morgan fingerprint density at radius 2 is 1.59 bits per heavy atom. The standard InChI is InChI=1S/C20H17NS.C2H3F3.C2H6/c1-14-9-10-17-18(13-16-8-5-11-22-16)20(21-19(17)12-14)15-6-3-2-4-7-15;1-2(3,4)5;1-2/h2-12,21H,13H2,1H3;1H3;1-2H3. The molecule has 0 atom stereocenters. The molecule has 0 fully saturated rings. The van der Waals surface area contributed by atoms with E-state index in [0.717, 1.165) is 6.42 Å². The number of hydrogen-bond donors (Lipinski definition) is 1. The van der Waals surface area contributed by atoms with Crippen LogP contribution in [0, 0.1) is 6.92 Å². The average Bonchev–Trinajstić information content (AvgIpc) is 3.31. The second-order valence-electron chi connectivity index (χ2n) is 6.43. The molecule has 0 amide bonds. The van der Waals surface area contributed by atoms with Crippen molar-refractivity contribution in [3.05, 3.63) is 82.0 Å². The summed E-state index contributed by atoms with van der Waals surface area (Å²) >= 11 is 1.82. The number of nitrogens with one attached hydrogen (secondary N) is 1. The van der Waals surface area contributed by atoms with Crippen LogP contribution in [-0.2, 0) is 6.42 Å². The topological polar surface area (TPSA) is 15.8 Å². The van der Waals surface area contributed by atoms with Gasteiger partial charge in [0.15, 0.2) is 0 Å². The summed E-state index contributed by atoms with van der Waals surface area (Å²) in [5.74, 6) is 0. The van der Waals surface area contributed by atoms with Crippen LogP contribution in [0.2, 0.25) is 0 Å². The van der Waals surface area contributed by atoms with Crippen molar-refractivity contribution in [1.29, 1.82) is 0 Å². The fourth-order valence-electron chi connectivity index (χ4n) is 2.99. The molecule has 1 nitrogen and oxygen atoms in total. The molecule has 2 aromatic heterocycles. The molecule has 0 radical (unpaired) electrons. The number of fused-ring (bicyclic) bond motifs is 1. The van der Waals surface area contributed by atoms with Crippen LogP contribution < -0.4 is 0 Å². The van der Waals surface area contributed by atoms with E-state index < -0.39 is 6.18 Å². The first kappa shape index (κ1) is 22.8. The van der Waals surface area contributed by atoms with Crippen molar-refractivity contribution >= 4 is 22.2 Å². The summed E-state index contributed by atoms with van der Waals surface area (Å²) in [6.45, 7) is 6.33. The van der Waals surface area contributed by atoms with E-state index in [1.54, 1.807) is 0 Å². The van der Waals surface area contributed by atoms with Gasteiger partial charge in [0.05, 0.1) is 5.69 Å². The highest BCUT2D eigenvalue weighted by Gasteiger charge is 2.16. The fourth-order valence-corrected chi connectivity index (χ4v) is 3.71. The predicted octanol–water partition coefficient (Wildman–Crippen LogP) is 8.39. The number of thiophene rings is 1. The Labute approximate surface area is 174 Å². The second-order valence-corrected chi connectivity index (χ2v) is 7.46. The number of hydrogen-bond acceptors (Lipinski definition) is 1. The third-order valence-corrected chi connectivity index (χ3v) is 4.93. The summed E-state index contributed by atoms with van der Waals surface area (Å²) in [6, 6.07) is 21.6. The minimum Gasteiger partial charge on any atom is -0.354 e. The zero-order chi connectivity index (χ0) is 21.4. The molecule has 0 saturated carbocycles. The molecule has 0 unspecified atom stereocenters. The maximum absolute atomic E-state index is 10.4. The largest absolute Gasteiger partial charge is 0.386 e. The van der Waals surface area contributed by atoms with E-state index in [-0.39, 0.29) is 6.92 Å². The van der Waals surface area contributed by atoms with Gasteiger partial charge in [-0.05, 0) is 41.1 Å². The molecule has 2 aromatic carbocycles. The van der Waals surface area contributed by atoms with Crippen molar-refractivity contribution in [3.8, 4) is 11.3 Å². The van der Waals surface area contributed by atoms with E-state index in [9.17, 15) is 13.2 Å². The number of halogens is 3. The molecule has 0 aliphatic heterocycles. The summed E-state index contributed by atoms with van der Waals surface area (Å²) < 4.78 is 31.1. The highest BCUT2D eigenvalue weighted by atomic mass is 32.1. The van der Waals surface area contributed by atoms with Crippen LogP contribution >= 0.6 is 11.3 Å². The van der Waals surface area contributed by atoms with Crippen molar-refractivity contribution in [2.24, 2.45) is 0 Å². The lowest BCUT2D eigenvalue weighted by molar-refractivity contribution is -0.110. The van der Waals surface area contributed by atoms with Crippen molar-refractivity contribution in [2.45, 2.75) is 40.3 Å². The number of aryl methyl sites for hydroxylation is 1. The Hall–Kier alpha value is -2.53. The lowest BCUT2D eigenvalue weighted by atomic mass is 10.0. The van der Waals surface area contributed by atoms with E-state index in [4.69, 9.17) is 0 Å². The van der Waals surface area contributed by atoms with Gasteiger partial charge in [-0.15, -0.1) is 11.3 Å². The van der Waals surface area contributed by atoms with Crippen LogP contribution in [0.25, 0.3) is 22.2 Å². The first-order valence-electron chi connectivity index (χ1n) is 9.57. The average molecular weight is 418 g/mol. The van der Waals surface area contributed by atoms with Crippen LogP contribution in [0.5, 0.6) is 0 Å². The lowest BCUT2D eigenvalue weighted by Crippen LogP contribution is -1.95. The van der Waals surface area contributed by atoms with E-state index in [1.807, 2.05) is 25.2 Å². The Kier molecular flexibility index (Phi) is 8.09. The molecule has 0 aliphatic rings. The maximum Gasteiger partial charge on any atom is 0.386 e. The third kappa shape index (κ3) is 6.79. The molecule has 0 spiro atoms. The van der Waals surface area contributed by atoms with Gasteiger partial charge >= 0.3 is 6.18 Å². The summed E-state index contributed by atoms with van der Waals surface area (Å²) in [5.41, 5.74) is 6.41. The minimum absolute atomic E-state index is 0.188. The fraction of sp³-hybridized carbons (Fsp3) is 0.250. The number of aromatic amines is 1. The predicted molar refractivity (Wildman–Crippen MR) is 119 cm³/mol. The molecular weight excluding hydrogens is 391 g/mol. The van der Waals surface area contributed by atoms with Gasteiger partial charge in [0, 0.05) is 29.1 Å². The van der Waals surface area contributed by atoms with Crippen molar-refractivity contribution in [1.82, 2.24) is 4.98 Å². The van der Waals surface area contributed by atoms with Gasteiger partial charge in [0.2, 0.25) is 0 Å². The summed E-state index contributed by atoms with van der Waals surface area (Å²) in [5, 5.41) is 3.48. The van der Waals surface area contributed by atoms with E-state index >= 15 is 0 Å². The first-order valence-corrected chi connectivity index (χ1v) is 10.4. The number of alkyl halides is 3. The minimum atomic E-state index is -4.00. The normalized spacial score (nSPS) is 10.7. The van der Waals surface area contributed by atoms with Crippen molar-refractivity contribution in [3.63, 3.8) is 0 Å². The molecule has 0 bridgehead atoms. The zero-order valence-electron chi connectivity index (χ0n) is 17.1. The molecule has 0 saturated heterocycles. The van der Waals surface area contributed by atoms with Gasteiger partial charge < -0.3 is 4.98 Å².